The Labute approximate surface area is 113 Å². The van der Waals surface area contributed by atoms with Gasteiger partial charge in [0.1, 0.15) is 11.1 Å². The van der Waals surface area contributed by atoms with Crippen molar-refractivity contribution in [3.05, 3.63) is 22.5 Å². The van der Waals surface area contributed by atoms with Gasteiger partial charge in [-0.25, -0.2) is 9.36 Å². The quantitative estimate of drug-likeness (QED) is 0.778. The van der Waals surface area contributed by atoms with E-state index in [1.165, 1.54) is 0 Å². The van der Waals surface area contributed by atoms with Crippen molar-refractivity contribution in [3.63, 3.8) is 0 Å². The summed E-state index contributed by atoms with van der Waals surface area (Å²) in [6.07, 6.45) is 3.74. The van der Waals surface area contributed by atoms with Crippen LogP contribution in [0.25, 0.3) is 6.08 Å². The Bertz CT molecular complexity index is 605. The van der Waals surface area contributed by atoms with Crippen LogP contribution < -0.4 is 10.7 Å². The Morgan fingerprint density at radius 3 is 2.79 bits per heavy atom. The molecule has 1 unspecified atom stereocenters. The lowest BCUT2D eigenvalue weighted by atomic mass is 10.1. The zero-order valence-electron chi connectivity index (χ0n) is 12.4. The molecule has 1 atom stereocenters. The minimum Gasteiger partial charge on any atom is -0.443 e. The first kappa shape index (κ1) is 13.8. The van der Waals surface area contributed by atoms with E-state index in [4.69, 9.17) is 4.74 Å². The van der Waals surface area contributed by atoms with Crippen molar-refractivity contribution in [3.8, 4) is 0 Å². The zero-order valence-corrected chi connectivity index (χ0v) is 12.4. The third-order valence-electron chi connectivity index (χ3n) is 3.15. The average Bonchev–Trinajstić information content (AvgIpc) is 2.61. The van der Waals surface area contributed by atoms with Crippen molar-refractivity contribution in [1.29, 1.82) is 0 Å². The van der Waals surface area contributed by atoms with Gasteiger partial charge in [0.05, 0.1) is 6.04 Å². The van der Waals surface area contributed by atoms with Crippen molar-refractivity contribution in [2.24, 2.45) is 4.99 Å². The predicted octanol–water partition coefficient (Wildman–Crippen LogP) is 2.16. The molecule has 0 aliphatic carbocycles. The topological polar surface area (TPSA) is 43.6 Å². The summed E-state index contributed by atoms with van der Waals surface area (Å²) in [6.45, 7) is 9.63. The first-order valence-corrected chi connectivity index (χ1v) is 6.81. The number of fused-ring (bicyclic) bond motifs is 1. The molecule has 2 heterocycles. The molecule has 1 aliphatic rings. The summed E-state index contributed by atoms with van der Waals surface area (Å²) in [5.41, 5.74) is 1.12. The third kappa shape index (κ3) is 2.88. The molecule has 1 aromatic rings. The summed E-state index contributed by atoms with van der Waals surface area (Å²) >= 11 is 0. The number of aromatic nitrogens is 1. The highest BCUT2D eigenvalue weighted by molar-refractivity contribution is 5.72. The van der Waals surface area contributed by atoms with Crippen LogP contribution in [0.4, 0.5) is 4.79 Å². The molecule has 0 saturated heterocycles. The van der Waals surface area contributed by atoms with Gasteiger partial charge < -0.3 is 4.74 Å². The van der Waals surface area contributed by atoms with Crippen LogP contribution in [0.1, 0.15) is 46.2 Å². The molecule has 4 nitrogen and oxygen atoms in total. The predicted molar refractivity (Wildman–Crippen MR) is 74.7 cm³/mol. The Kier molecular flexibility index (Phi) is 3.52. The van der Waals surface area contributed by atoms with E-state index in [-0.39, 0.29) is 12.1 Å². The Morgan fingerprint density at radius 2 is 2.21 bits per heavy atom. The van der Waals surface area contributed by atoms with E-state index in [1.807, 2.05) is 33.8 Å². The van der Waals surface area contributed by atoms with Gasteiger partial charge in [0, 0.05) is 10.9 Å². The number of hydrogen-bond donors (Lipinski definition) is 0. The molecule has 0 aromatic carbocycles. The average molecular weight is 262 g/mol. The van der Waals surface area contributed by atoms with Crippen LogP contribution in [-0.2, 0) is 4.74 Å². The normalized spacial score (nSPS) is 18.3. The SMILES string of the molecule is CCC1CC=c2cc(C)n(C(=O)OC(C)(C)C)c2=N1. The van der Waals surface area contributed by atoms with Gasteiger partial charge >= 0.3 is 6.09 Å². The minimum absolute atomic E-state index is 0.267. The molecule has 1 aliphatic heterocycles. The second-order valence-electron chi connectivity index (χ2n) is 6.01. The fourth-order valence-corrected chi connectivity index (χ4v) is 2.22. The van der Waals surface area contributed by atoms with E-state index in [1.54, 1.807) is 4.57 Å². The van der Waals surface area contributed by atoms with Crippen molar-refractivity contribution < 1.29 is 9.53 Å². The van der Waals surface area contributed by atoms with Gasteiger partial charge in [0.15, 0.2) is 0 Å². The van der Waals surface area contributed by atoms with E-state index in [9.17, 15) is 4.79 Å². The van der Waals surface area contributed by atoms with Gasteiger partial charge in [-0.15, -0.1) is 0 Å². The second kappa shape index (κ2) is 4.83. The molecule has 0 spiro atoms. The molecular weight excluding hydrogens is 240 g/mol. The highest BCUT2D eigenvalue weighted by Gasteiger charge is 2.21. The summed E-state index contributed by atoms with van der Waals surface area (Å²) in [7, 11) is 0. The lowest BCUT2D eigenvalue weighted by Gasteiger charge is -2.20. The third-order valence-corrected chi connectivity index (χ3v) is 3.15. The van der Waals surface area contributed by atoms with E-state index < -0.39 is 5.60 Å². The molecular formula is C15H22N2O2. The molecule has 0 saturated carbocycles. The molecule has 104 valence electrons. The number of aryl methyl sites for hydroxylation is 1. The lowest BCUT2D eigenvalue weighted by molar-refractivity contribution is 0.0527. The van der Waals surface area contributed by atoms with E-state index >= 15 is 0 Å². The first-order chi connectivity index (χ1) is 8.81. The van der Waals surface area contributed by atoms with Gasteiger partial charge in [-0.3, -0.25) is 4.99 Å². The van der Waals surface area contributed by atoms with Crippen LogP contribution in [0, 0.1) is 6.92 Å². The van der Waals surface area contributed by atoms with Crippen molar-refractivity contribution in [1.82, 2.24) is 4.57 Å². The van der Waals surface area contributed by atoms with Crippen molar-refractivity contribution >= 4 is 12.2 Å². The molecule has 4 heteroatoms. The fourth-order valence-electron chi connectivity index (χ4n) is 2.22. The minimum atomic E-state index is -0.497. The maximum Gasteiger partial charge on any atom is 0.420 e. The van der Waals surface area contributed by atoms with Crippen LogP contribution in [0.2, 0.25) is 0 Å². The summed E-state index contributed by atoms with van der Waals surface area (Å²) in [4.78, 5) is 16.9. The van der Waals surface area contributed by atoms with Gasteiger partial charge in [0.25, 0.3) is 0 Å². The largest absolute Gasteiger partial charge is 0.443 e. The van der Waals surface area contributed by atoms with Gasteiger partial charge in [-0.05, 0) is 46.6 Å². The smallest absolute Gasteiger partial charge is 0.420 e. The Hall–Kier alpha value is -1.58. The van der Waals surface area contributed by atoms with Crippen LogP contribution in [-0.4, -0.2) is 22.3 Å². The fraction of sp³-hybridized carbons (Fsp3) is 0.600. The molecule has 0 N–H and O–H groups in total. The number of ether oxygens (including phenoxy) is 1. The molecule has 19 heavy (non-hydrogen) atoms. The van der Waals surface area contributed by atoms with Gasteiger partial charge in [0.2, 0.25) is 0 Å². The highest BCUT2D eigenvalue weighted by atomic mass is 16.6. The summed E-state index contributed by atoms with van der Waals surface area (Å²) in [5.74, 6) is 0. The number of nitrogens with zero attached hydrogens (tertiary/aromatic N) is 2. The molecule has 0 radical (unpaired) electrons. The molecule has 1 aromatic heterocycles. The summed E-state index contributed by atoms with van der Waals surface area (Å²) in [6, 6.07) is 2.26. The number of hydrogen-bond acceptors (Lipinski definition) is 3. The second-order valence-corrected chi connectivity index (χ2v) is 6.01. The summed E-state index contributed by atoms with van der Waals surface area (Å²) in [5, 5.41) is 1.04. The molecule has 0 amide bonds. The summed E-state index contributed by atoms with van der Waals surface area (Å²) < 4.78 is 7.03. The zero-order chi connectivity index (χ0) is 14.2. The van der Waals surface area contributed by atoms with Gasteiger partial charge in [-0.2, -0.15) is 0 Å². The monoisotopic (exact) mass is 262 g/mol. The number of rotatable bonds is 1. The van der Waals surface area contributed by atoms with E-state index in [2.05, 4.69) is 18.0 Å². The van der Waals surface area contributed by atoms with E-state index in [0.29, 0.717) is 0 Å². The number of carbonyl (C=O) groups is 1. The van der Waals surface area contributed by atoms with Crippen molar-refractivity contribution in [2.45, 2.75) is 59.1 Å². The first-order valence-electron chi connectivity index (χ1n) is 6.81. The maximum atomic E-state index is 12.3. The molecule has 2 rings (SSSR count). The van der Waals surface area contributed by atoms with Crippen molar-refractivity contribution in [2.75, 3.05) is 0 Å². The lowest BCUT2D eigenvalue weighted by Crippen LogP contribution is -2.40. The molecule has 0 fully saturated rings. The van der Waals surface area contributed by atoms with Crippen LogP contribution in [0.15, 0.2) is 11.1 Å². The maximum absolute atomic E-state index is 12.3. The highest BCUT2D eigenvalue weighted by Crippen LogP contribution is 2.10. The van der Waals surface area contributed by atoms with Crippen LogP contribution >= 0.6 is 0 Å². The molecule has 0 bridgehead atoms. The Morgan fingerprint density at radius 1 is 1.53 bits per heavy atom. The standard InChI is InChI=1S/C15H22N2O2/c1-6-12-8-7-11-9-10(2)17(13(11)16-12)14(18)19-15(3,4)5/h7,9,12H,6,8H2,1-5H3. The van der Waals surface area contributed by atoms with E-state index in [0.717, 1.165) is 29.2 Å². The number of carbonyl (C=O) groups excluding carboxylic acids is 1. The van der Waals surface area contributed by atoms with Gasteiger partial charge in [-0.1, -0.05) is 13.0 Å². The Balaban J connectivity index is 2.49. The van der Waals surface area contributed by atoms with Crippen LogP contribution in [0.5, 0.6) is 0 Å². The van der Waals surface area contributed by atoms with Crippen LogP contribution in [0.3, 0.4) is 0 Å².